The first-order chi connectivity index (χ1) is 8.74. The highest BCUT2D eigenvalue weighted by molar-refractivity contribution is 5.94. The zero-order valence-corrected chi connectivity index (χ0v) is 11.4. The average molecular weight is 249 g/mol. The van der Waals surface area contributed by atoms with Crippen LogP contribution in [0.3, 0.4) is 0 Å². The maximum atomic E-state index is 11.1. The minimum absolute atomic E-state index is 0.103. The molecule has 0 bridgehead atoms. The van der Waals surface area contributed by atoms with E-state index in [9.17, 15) is 4.79 Å². The summed E-state index contributed by atoms with van der Waals surface area (Å²) in [6.45, 7) is 6.31. The summed E-state index contributed by atoms with van der Waals surface area (Å²) in [4.78, 5) is 11.1. The zero-order valence-electron chi connectivity index (χ0n) is 11.4. The Kier molecular flexibility index (Phi) is 7.11. The van der Waals surface area contributed by atoms with Crippen molar-refractivity contribution in [3.8, 4) is 0 Å². The molecular formula is C15H23NO2. The van der Waals surface area contributed by atoms with Gasteiger partial charge in [0.1, 0.15) is 0 Å². The molecule has 0 spiro atoms. The van der Waals surface area contributed by atoms with Crippen LogP contribution in [0.15, 0.2) is 24.3 Å². The fourth-order valence-electron chi connectivity index (χ4n) is 1.58. The van der Waals surface area contributed by atoms with Crippen molar-refractivity contribution in [1.29, 1.82) is 0 Å². The van der Waals surface area contributed by atoms with E-state index >= 15 is 0 Å². The lowest BCUT2D eigenvalue weighted by molar-refractivity contribution is 0.101. The van der Waals surface area contributed by atoms with E-state index in [2.05, 4.69) is 12.2 Å². The van der Waals surface area contributed by atoms with Gasteiger partial charge in [-0.3, -0.25) is 4.79 Å². The smallest absolute Gasteiger partial charge is 0.159 e. The summed E-state index contributed by atoms with van der Waals surface area (Å²) in [5.74, 6) is 0.103. The van der Waals surface area contributed by atoms with Gasteiger partial charge < -0.3 is 10.1 Å². The summed E-state index contributed by atoms with van der Waals surface area (Å²) in [5.41, 5.74) is 1.80. The molecule has 1 N–H and O–H groups in total. The molecule has 0 saturated heterocycles. The lowest BCUT2D eigenvalue weighted by Gasteiger charge is -2.07. The number of rotatable bonds is 9. The van der Waals surface area contributed by atoms with Gasteiger partial charge >= 0.3 is 0 Å². The number of carbonyl (C=O) groups excluding carboxylic acids is 1. The molecule has 3 heteroatoms. The quantitative estimate of drug-likeness (QED) is 0.537. The van der Waals surface area contributed by atoms with Crippen LogP contribution in [0.4, 0.5) is 5.69 Å². The minimum atomic E-state index is 0.103. The molecule has 0 saturated carbocycles. The lowest BCUT2D eigenvalue weighted by Crippen LogP contribution is -2.06. The fourth-order valence-corrected chi connectivity index (χ4v) is 1.58. The normalized spacial score (nSPS) is 10.3. The molecule has 0 aliphatic heterocycles. The molecule has 0 aliphatic rings. The molecule has 0 aromatic heterocycles. The third-order valence-electron chi connectivity index (χ3n) is 2.73. The molecule has 3 nitrogen and oxygen atoms in total. The van der Waals surface area contributed by atoms with E-state index in [1.54, 1.807) is 6.92 Å². The average Bonchev–Trinajstić information content (AvgIpc) is 2.38. The number of hydrogen-bond acceptors (Lipinski definition) is 3. The molecule has 18 heavy (non-hydrogen) atoms. The van der Waals surface area contributed by atoms with Crippen molar-refractivity contribution in [2.24, 2.45) is 0 Å². The Morgan fingerprint density at radius 1 is 1.17 bits per heavy atom. The van der Waals surface area contributed by atoms with E-state index in [1.807, 2.05) is 24.3 Å². The molecule has 0 unspecified atom stereocenters. The summed E-state index contributed by atoms with van der Waals surface area (Å²) in [7, 11) is 0. The maximum Gasteiger partial charge on any atom is 0.159 e. The number of hydrogen-bond donors (Lipinski definition) is 1. The van der Waals surface area contributed by atoms with Gasteiger partial charge in [-0.15, -0.1) is 0 Å². The molecule has 1 rings (SSSR count). The van der Waals surface area contributed by atoms with Crippen LogP contribution in [0.1, 0.15) is 43.5 Å². The Morgan fingerprint density at radius 2 is 1.83 bits per heavy atom. The molecule has 0 radical (unpaired) electrons. The van der Waals surface area contributed by atoms with Crippen LogP contribution < -0.4 is 5.32 Å². The second kappa shape index (κ2) is 8.70. The number of ether oxygens (including phenoxy) is 1. The van der Waals surface area contributed by atoms with Crippen molar-refractivity contribution < 1.29 is 9.53 Å². The standard InChI is InChI=1S/C15H23NO2/c1-3-4-11-18-12-5-10-16-15-8-6-14(7-9-15)13(2)17/h6-9,16H,3-5,10-12H2,1-2H3. The second-order valence-electron chi connectivity index (χ2n) is 4.38. The highest BCUT2D eigenvalue weighted by Crippen LogP contribution is 2.09. The summed E-state index contributed by atoms with van der Waals surface area (Å²) in [6.07, 6.45) is 3.32. The topological polar surface area (TPSA) is 38.3 Å². The maximum absolute atomic E-state index is 11.1. The molecule has 1 aromatic rings. The third-order valence-corrected chi connectivity index (χ3v) is 2.73. The van der Waals surface area contributed by atoms with Gasteiger partial charge in [-0.25, -0.2) is 0 Å². The summed E-state index contributed by atoms with van der Waals surface area (Å²) < 4.78 is 5.48. The molecule has 100 valence electrons. The van der Waals surface area contributed by atoms with Gasteiger partial charge in [-0.2, -0.15) is 0 Å². The van der Waals surface area contributed by atoms with Gasteiger partial charge in [0.15, 0.2) is 5.78 Å². The van der Waals surface area contributed by atoms with Crippen molar-refractivity contribution in [1.82, 2.24) is 0 Å². The number of Topliss-reactive ketones (excluding diaryl/α,β-unsaturated/α-hetero) is 1. The molecule has 0 heterocycles. The van der Waals surface area contributed by atoms with E-state index in [0.29, 0.717) is 0 Å². The highest BCUT2D eigenvalue weighted by Gasteiger charge is 1.98. The van der Waals surface area contributed by atoms with Gasteiger partial charge in [-0.05, 0) is 44.0 Å². The van der Waals surface area contributed by atoms with Crippen LogP contribution in [-0.2, 0) is 4.74 Å². The van der Waals surface area contributed by atoms with E-state index in [0.717, 1.165) is 43.9 Å². The highest BCUT2D eigenvalue weighted by atomic mass is 16.5. The predicted octanol–water partition coefficient (Wildman–Crippen LogP) is 3.51. The van der Waals surface area contributed by atoms with Crippen LogP contribution in [0, 0.1) is 0 Å². The van der Waals surface area contributed by atoms with Gasteiger partial charge in [0.25, 0.3) is 0 Å². The van der Waals surface area contributed by atoms with Gasteiger partial charge in [-0.1, -0.05) is 13.3 Å². The SMILES string of the molecule is CCCCOCCCNc1ccc(C(C)=O)cc1. The first-order valence-electron chi connectivity index (χ1n) is 6.66. The number of ketones is 1. The number of carbonyl (C=O) groups is 1. The van der Waals surface area contributed by atoms with E-state index < -0.39 is 0 Å². The molecule has 1 aromatic carbocycles. The molecule has 0 atom stereocenters. The number of unbranched alkanes of at least 4 members (excludes halogenated alkanes) is 1. The fraction of sp³-hybridized carbons (Fsp3) is 0.533. The lowest BCUT2D eigenvalue weighted by atomic mass is 10.1. The monoisotopic (exact) mass is 249 g/mol. The Morgan fingerprint density at radius 3 is 2.44 bits per heavy atom. The van der Waals surface area contributed by atoms with Crippen LogP contribution in [0.2, 0.25) is 0 Å². The van der Waals surface area contributed by atoms with Crippen LogP contribution in [-0.4, -0.2) is 25.5 Å². The molecule has 0 amide bonds. The second-order valence-corrected chi connectivity index (χ2v) is 4.38. The Hall–Kier alpha value is -1.35. The van der Waals surface area contributed by atoms with Crippen LogP contribution in [0.25, 0.3) is 0 Å². The van der Waals surface area contributed by atoms with Crippen molar-refractivity contribution in [3.63, 3.8) is 0 Å². The van der Waals surface area contributed by atoms with E-state index in [1.165, 1.54) is 6.42 Å². The van der Waals surface area contributed by atoms with Crippen LogP contribution >= 0.6 is 0 Å². The summed E-state index contributed by atoms with van der Waals surface area (Å²) in [5, 5.41) is 3.31. The molecule has 0 aliphatic carbocycles. The van der Waals surface area contributed by atoms with E-state index in [-0.39, 0.29) is 5.78 Å². The van der Waals surface area contributed by atoms with Crippen LogP contribution in [0.5, 0.6) is 0 Å². The number of anilines is 1. The predicted molar refractivity (Wildman–Crippen MR) is 75.3 cm³/mol. The first kappa shape index (κ1) is 14.7. The Labute approximate surface area is 110 Å². The van der Waals surface area contributed by atoms with E-state index in [4.69, 9.17) is 4.74 Å². The first-order valence-corrected chi connectivity index (χ1v) is 6.66. The van der Waals surface area contributed by atoms with Crippen molar-refractivity contribution in [3.05, 3.63) is 29.8 Å². The van der Waals surface area contributed by atoms with Crippen molar-refractivity contribution in [2.75, 3.05) is 25.1 Å². The van der Waals surface area contributed by atoms with Gasteiger partial charge in [0.05, 0.1) is 0 Å². The van der Waals surface area contributed by atoms with Gasteiger partial charge in [0, 0.05) is 31.0 Å². The largest absolute Gasteiger partial charge is 0.385 e. The van der Waals surface area contributed by atoms with Crippen molar-refractivity contribution >= 4 is 11.5 Å². The summed E-state index contributed by atoms with van der Waals surface area (Å²) >= 11 is 0. The minimum Gasteiger partial charge on any atom is -0.385 e. The van der Waals surface area contributed by atoms with Crippen molar-refractivity contribution in [2.45, 2.75) is 33.1 Å². The Balaban J connectivity index is 2.14. The van der Waals surface area contributed by atoms with Gasteiger partial charge in [0.2, 0.25) is 0 Å². The number of nitrogens with one attached hydrogen (secondary N) is 1. The number of benzene rings is 1. The summed E-state index contributed by atoms with van der Waals surface area (Å²) in [6, 6.07) is 7.58. The molecular weight excluding hydrogens is 226 g/mol. The zero-order chi connectivity index (χ0) is 13.2. The third kappa shape index (κ3) is 5.82. The Bertz CT molecular complexity index is 346. The molecule has 0 fully saturated rings.